The molecule has 2 heterocycles. The number of guanidine groups is 1. The molecule has 1 fully saturated rings. The van der Waals surface area contributed by atoms with Crippen LogP contribution in [0.1, 0.15) is 51.5 Å². The Bertz CT molecular complexity index is 725. The highest BCUT2D eigenvalue weighted by atomic mass is 127. The maximum Gasteiger partial charge on any atom is 0.222 e. The topological polar surface area (TPSA) is 47.9 Å². The van der Waals surface area contributed by atoms with Crippen molar-refractivity contribution < 1.29 is 4.79 Å². The molecule has 2 aliphatic heterocycles. The van der Waals surface area contributed by atoms with Gasteiger partial charge in [-0.25, -0.2) is 0 Å². The van der Waals surface area contributed by atoms with Crippen LogP contribution in [0.25, 0.3) is 0 Å². The molecule has 0 spiro atoms. The molecular weight excluding hydrogens is 495 g/mol. The van der Waals surface area contributed by atoms with E-state index in [1.54, 1.807) is 0 Å². The Balaban J connectivity index is 0.00000300. The summed E-state index contributed by atoms with van der Waals surface area (Å²) in [5.41, 5.74) is 2.63. The third-order valence-electron chi connectivity index (χ3n) is 5.74. The molecule has 0 saturated carbocycles. The molecule has 29 heavy (non-hydrogen) atoms. The second-order valence-corrected chi connectivity index (χ2v) is 9.79. The third kappa shape index (κ3) is 6.03. The van der Waals surface area contributed by atoms with Crippen LogP contribution in [-0.4, -0.2) is 60.5 Å². The lowest BCUT2D eigenvalue weighted by Gasteiger charge is -2.25. The number of nitrogens with zero attached hydrogens (tertiary/aromatic N) is 3. The Morgan fingerprint density at radius 1 is 1.34 bits per heavy atom. The highest BCUT2D eigenvalue weighted by Crippen LogP contribution is 2.38. The van der Waals surface area contributed by atoms with Crippen molar-refractivity contribution in [1.29, 1.82) is 0 Å². The molecule has 1 aromatic rings. The van der Waals surface area contributed by atoms with Crippen molar-refractivity contribution in [3.8, 4) is 0 Å². The minimum atomic E-state index is 0. The van der Waals surface area contributed by atoms with Gasteiger partial charge in [-0.2, -0.15) is 11.8 Å². The van der Waals surface area contributed by atoms with E-state index in [9.17, 15) is 4.79 Å². The molecule has 1 aromatic carbocycles. The summed E-state index contributed by atoms with van der Waals surface area (Å²) >= 11 is 1.85. The van der Waals surface area contributed by atoms with Gasteiger partial charge in [0.25, 0.3) is 0 Å². The molecule has 162 valence electrons. The molecule has 1 saturated heterocycles. The first kappa shape index (κ1) is 24.3. The number of amides is 1. The average molecular weight is 531 g/mol. The monoisotopic (exact) mass is 530 g/mol. The third-order valence-corrected chi connectivity index (χ3v) is 6.98. The SMILES string of the molecule is CCNC(=NCC(C)(C)SC)N1CC(CCN2CCCC2=O)c2ccccc21.I. The number of fused-ring (bicyclic) bond motifs is 1. The summed E-state index contributed by atoms with van der Waals surface area (Å²) in [7, 11) is 0. The molecule has 1 N–H and O–H groups in total. The van der Waals surface area contributed by atoms with Crippen molar-refractivity contribution in [3.05, 3.63) is 29.8 Å². The van der Waals surface area contributed by atoms with Gasteiger partial charge in [-0.3, -0.25) is 9.79 Å². The summed E-state index contributed by atoms with van der Waals surface area (Å²) in [6.07, 6.45) is 4.88. The number of thioether (sulfide) groups is 1. The summed E-state index contributed by atoms with van der Waals surface area (Å²) in [4.78, 5) is 21.3. The first-order chi connectivity index (χ1) is 13.4. The van der Waals surface area contributed by atoms with Crippen LogP contribution in [0.5, 0.6) is 0 Å². The quantitative estimate of drug-likeness (QED) is 0.324. The molecule has 0 aromatic heterocycles. The Labute approximate surface area is 197 Å². The number of anilines is 1. The molecular formula is C22H35IN4OS. The van der Waals surface area contributed by atoms with E-state index in [2.05, 4.69) is 61.5 Å². The molecule has 2 aliphatic rings. The largest absolute Gasteiger partial charge is 0.356 e. The van der Waals surface area contributed by atoms with Gasteiger partial charge in [0.05, 0.1) is 6.54 Å². The first-order valence-corrected chi connectivity index (χ1v) is 11.7. The van der Waals surface area contributed by atoms with Gasteiger partial charge in [0.15, 0.2) is 5.96 Å². The highest BCUT2D eigenvalue weighted by Gasteiger charge is 2.32. The normalized spacial score (nSPS) is 19.4. The number of nitrogens with one attached hydrogen (secondary N) is 1. The summed E-state index contributed by atoms with van der Waals surface area (Å²) in [6.45, 7) is 10.9. The van der Waals surface area contributed by atoms with E-state index in [4.69, 9.17) is 4.99 Å². The Hall–Kier alpha value is -0.960. The summed E-state index contributed by atoms with van der Waals surface area (Å²) in [5, 5.41) is 3.49. The average Bonchev–Trinajstić information content (AvgIpc) is 3.27. The fraction of sp³-hybridized carbons (Fsp3) is 0.636. The predicted octanol–water partition coefficient (Wildman–Crippen LogP) is 4.33. The smallest absolute Gasteiger partial charge is 0.222 e. The van der Waals surface area contributed by atoms with Gasteiger partial charge in [0.2, 0.25) is 5.91 Å². The van der Waals surface area contributed by atoms with Gasteiger partial charge in [-0.1, -0.05) is 18.2 Å². The minimum absolute atomic E-state index is 0. The minimum Gasteiger partial charge on any atom is -0.356 e. The van der Waals surface area contributed by atoms with Crippen molar-refractivity contribution >= 4 is 53.3 Å². The summed E-state index contributed by atoms with van der Waals surface area (Å²) < 4.78 is 0.120. The van der Waals surface area contributed by atoms with Gasteiger partial charge < -0.3 is 15.1 Å². The van der Waals surface area contributed by atoms with Gasteiger partial charge in [-0.15, -0.1) is 24.0 Å². The van der Waals surface area contributed by atoms with Crippen molar-refractivity contribution in [2.75, 3.05) is 43.9 Å². The first-order valence-electron chi connectivity index (χ1n) is 10.4. The predicted molar refractivity (Wildman–Crippen MR) is 136 cm³/mol. The molecule has 1 amide bonds. The molecule has 0 aliphatic carbocycles. The van der Waals surface area contributed by atoms with E-state index in [0.29, 0.717) is 11.8 Å². The summed E-state index contributed by atoms with van der Waals surface area (Å²) in [6, 6.07) is 8.66. The fourth-order valence-electron chi connectivity index (χ4n) is 3.92. The molecule has 7 heteroatoms. The zero-order valence-corrected chi connectivity index (χ0v) is 21.3. The number of halogens is 1. The van der Waals surface area contributed by atoms with Crippen molar-refractivity contribution in [1.82, 2.24) is 10.2 Å². The van der Waals surface area contributed by atoms with Crippen molar-refractivity contribution in [3.63, 3.8) is 0 Å². The lowest BCUT2D eigenvalue weighted by atomic mass is 9.98. The van der Waals surface area contributed by atoms with Crippen LogP contribution in [0.3, 0.4) is 0 Å². The second-order valence-electron chi connectivity index (χ2n) is 8.27. The molecule has 1 unspecified atom stereocenters. The lowest BCUT2D eigenvalue weighted by molar-refractivity contribution is -0.127. The standard InChI is InChI=1S/C22H34N4OS.HI/c1-5-23-21(24-16-22(2,3)28-4)26-15-17(18-9-6-7-10-19(18)26)12-14-25-13-8-11-20(25)27;/h6-7,9-10,17H,5,8,11-16H2,1-4H3,(H,23,24);1H. The lowest BCUT2D eigenvalue weighted by Crippen LogP contribution is -2.42. The Morgan fingerprint density at radius 3 is 2.76 bits per heavy atom. The molecule has 0 bridgehead atoms. The molecule has 5 nitrogen and oxygen atoms in total. The molecule has 3 rings (SSSR count). The van der Waals surface area contributed by atoms with Crippen LogP contribution in [0.15, 0.2) is 29.3 Å². The van der Waals surface area contributed by atoms with Crippen molar-refractivity contribution in [2.24, 2.45) is 4.99 Å². The van der Waals surface area contributed by atoms with Gasteiger partial charge in [0, 0.05) is 49.0 Å². The number of rotatable bonds is 7. The number of hydrogen-bond donors (Lipinski definition) is 1. The van der Waals surface area contributed by atoms with E-state index in [1.807, 2.05) is 16.7 Å². The van der Waals surface area contributed by atoms with Crippen molar-refractivity contribution in [2.45, 2.75) is 50.7 Å². The van der Waals surface area contributed by atoms with Crippen LogP contribution in [0, 0.1) is 0 Å². The van der Waals surface area contributed by atoms with Gasteiger partial charge >= 0.3 is 0 Å². The maximum absolute atomic E-state index is 12.0. The number of carbonyl (C=O) groups is 1. The number of hydrogen-bond acceptors (Lipinski definition) is 3. The van der Waals surface area contributed by atoms with E-state index in [0.717, 1.165) is 57.9 Å². The van der Waals surface area contributed by atoms with Crippen LogP contribution in [0.4, 0.5) is 5.69 Å². The number of aliphatic imine (C=N–C) groups is 1. The van der Waals surface area contributed by atoms with E-state index < -0.39 is 0 Å². The second kappa shape index (κ2) is 10.9. The highest BCUT2D eigenvalue weighted by molar-refractivity contribution is 14.0. The van der Waals surface area contributed by atoms with Gasteiger partial charge in [-0.05, 0) is 51.5 Å². The number of para-hydroxylation sites is 1. The van der Waals surface area contributed by atoms with Gasteiger partial charge in [0.1, 0.15) is 0 Å². The van der Waals surface area contributed by atoms with Crippen LogP contribution < -0.4 is 10.2 Å². The van der Waals surface area contributed by atoms with Crippen LogP contribution in [0.2, 0.25) is 0 Å². The van der Waals surface area contributed by atoms with E-state index in [1.165, 1.54) is 11.3 Å². The number of likely N-dealkylation sites (tertiary alicyclic amines) is 1. The Morgan fingerprint density at radius 2 is 2.10 bits per heavy atom. The molecule has 1 atom stereocenters. The Kier molecular flexibility index (Phi) is 9.13. The fourth-order valence-corrected chi connectivity index (χ4v) is 4.11. The molecule has 0 radical (unpaired) electrons. The van der Waals surface area contributed by atoms with E-state index in [-0.39, 0.29) is 28.7 Å². The number of benzene rings is 1. The van der Waals surface area contributed by atoms with Crippen LogP contribution >= 0.6 is 35.7 Å². The number of carbonyl (C=O) groups excluding carboxylic acids is 1. The summed E-state index contributed by atoms with van der Waals surface area (Å²) in [5.74, 6) is 1.72. The maximum atomic E-state index is 12.0. The van der Waals surface area contributed by atoms with E-state index >= 15 is 0 Å². The zero-order valence-electron chi connectivity index (χ0n) is 18.1. The zero-order chi connectivity index (χ0) is 20.1. The van der Waals surface area contributed by atoms with Crippen LogP contribution in [-0.2, 0) is 4.79 Å².